The Morgan fingerprint density at radius 2 is 2.06 bits per heavy atom. The minimum Gasteiger partial charge on any atom is -0.392 e. The van der Waals surface area contributed by atoms with Crippen LogP contribution in [0.1, 0.15) is 29.3 Å². The second kappa shape index (κ2) is 4.72. The molecule has 0 spiro atoms. The number of hydrogen-bond acceptors (Lipinski definition) is 2. The highest BCUT2D eigenvalue weighted by Crippen LogP contribution is 2.20. The Balaban J connectivity index is 2.59. The Hall–Kier alpha value is -1.61. The SMILES string of the molecule is CCc1c(CO)cnn1-c1cc(C)ccc1C. The number of aliphatic hydroxyl groups excluding tert-OH is 1. The van der Waals surface area contributed by atoms with Gasteiger partial charge in [0, 0.05) is 11.3 Å². The zero-order valence-corrected chi connectivity index (χ0v) is 10.6. The van der Waals surface area contributed by atoms with Crippen LogP contribution in [0.3, 0.4) is 0 Å². The van der Waals surface area contributed by atoms with E-state index in [1.807, 2.05) is 4.68 Å². The van der Waals surface area contributed by atoms with E-state index in [0.29, 0.717) is 0 Å². The van der Waals surface area contributed by atoms with Crippen molar-refractivity contribution in [1.29, 1.82) is 0 Å². The molecule has 0 unspecified atom stereocenters. The quantitative estimate of drug-likeness (QED) is 0.880. The van der Waals surface area contributed by atoms with Crippen LogP contribution in [0.25, 0.3) is 5.69 Å². The van der Waals surface area contributed by atoms with E-state index in [0.717, 1.165) is 23.4 Å². The van der Waals surface area contributed by atoms with Crippen LogP contribution >= 0.6 is 0 Å². The van der Waals surface area contributed by atoms with Crippen molar-refractivity contribution in [2.75, 3.05) is 0 Å². The maximum absolute atomic E-state index is 9.28. The molecule has 3 heteroatoms. The third kappa shape index (κ3) is 2.11. The fourth-order valence-corrected chi connectivity index (χ4v) is 2.07. The largest absolute Gasteiger partial charge is 0.392 e. The van der Waals surface area contributed by atoms with Gasteiger partial charge < -0.3 is 5.11 Å². The summed E-state index contributed by atoms with van der Waals surface area (Å²) in [6.45, 7) is 6.28. The molecule has 17 heavy (non-hydrogen) atoms. The fraction of sp³-hybridized carbons (Fsp3) is 0.357. The van der Waals surface area contributed by atoms with E-state index in [9.17, 15) is 5.11 Å². The molecule has 0 atom stereocenters. The molecule has 1 aromatic carbocycles. The lowest BCUT2D eigenvalue weighted by atomic mass is 10.1. The summed E-state index contributed by atoms with van der Waals surface area (Å²) in [6, 6.07) is 6.33. The molecule has 0 bridgehead atoms. The zero-order chi connectivity index (χ0) is 12.4. The lowest BCUT2D eigenvalue weighted by Crippen LogP contribution is -2.05. The highest BCUT2D eigenvalue weighted by Gasteiger charge is 2.11. The highest BCUT2D eigenvalue weighted by atomic mass is 16.3. The van der Waals surface area contributed by atoms with Crippen LogP contribution in [0.2, 0.25) is 0 Å². The van der Waals surface area contributed by atoms with Gasteiger partial charge >= 0.3 is 0 Å². The maximum atomic E-state index is 9.28. The van der Waals surface area contributed by atoms with Gasteiger partial charge in [-0.25, -0.2) is 4.68 Å². The van der Waals surface area contributed by atoms with Crippen LogP contribution in [-0.2, 0) is 13.0 Å². The summed E-state index contributed by atoms with van der Waals surface area (Å²) in [5.74, 6) is 0. The van der Waals surface area contributed by atoms with Crippen LogP contribution < -0.4 is 0 Å². The molecular formula is C14H18N2O. The maximum Gasteiger partial charge on any atom is 0.0715 e. The molecule has 90 valence electrons. The number of rotatable bonds is 3. The molecule has 0 saturated carbocycles. The lowest BCUT2D eigenvalue weighted by molar-refractivity contribution is 0.280. The van der Waals surface area contributed by atoms with Crippen molar-refractivity contribution >= 4 is 0 Å². The Kier molecular flexibility index (Phi) is 3.29. The summed E-state index contributed by atoms with van der Waals surface area (Å²) in [5, 5.41) is 13.7. The summed E-state index contributed by atoms with van der Waals surface area (Å²) in [7, 11) is 0. The summed E-state index contributed by atoms with van der Waals surface area (Å²) >= 11 is 0. The van der Waals surface area contributed by atoms with E-state index in [4.69, 9.17) is 0 Å². The van der Waals surface area contributed by atoms with Crippen molar-refractivity contribution in [2.24, 2.45) is 0 Å². The van der Waals surface area contributed by atoms with Gasteiger partial charge in [0.2, 0.25) is 0 Å². The Labute approximate surface area is 102 Å². The molecular weight excluding hydrogens is 212 g/mol. The van der Waals surface area contributed by atoms with E-state index in [-0.39, 0.29) is 6.61 Å². The fourth-order valence-electron chi connectivity index (χ4n) is 2.07. The first-order valence-corrected chi connectivity index (χ1v) is 5.91. The monoisotopic (exact) mass is 230 g/mol. The molecule has 0 aliphatic rings. The first-order valence-electron chi connectivity index (χ1n) is 5.91. The molecule has 0 saturated heterocycles. The highest BCUT2D eigenvalue weighted by molar-refractivity contribution is 5.44. The molecule has 1 heterocycles. The van der Waals surface area contributed by atoms with Crippen molar-refractivity contribution in [2.45, 2.75) is 33.8 Å². The number of benzene rings is 1. The van der Waals surface area contributed by atoms with E-state index < -0.39 is 0 Å². The molecule has 1 aromatic heterocycles. The van der Waals surface area contributed by atoms with Gasteiger partial charge in [0.1, 0.15) is 0 Å². The van der Waals surface area contributed by atoms with Crippen LogP contribution in [0, 0.1) is 13.8 Å². The van der Waals surface area contributed by atoms with E-state index in [1.165, 1.54) is 11.1 Å². The number of aryl methyl sites for hydroxylation is 2. The standard InChI is InChI=1S/C14H18N2O/c1-4-13-12(9-17)8-15-16(13)14-7-10(2)5-6-11(14)3/h5-8,17H,4,9H2,1-3H3. The first kappa shape index (κ1) is 11.9. The molecule has 0 aliphatic carbocycles. The van der Waals surface area contributed by atoms with Crippen LogP contribution in [-0.4, -0.2) is 14.9 Å². The molecule has 0 fully saturated rings. The molecule has 1 N–H and O–H groups in total. The molecule has 0 aliphatic heterocycles. The summed E-state index contributed by atoms with van der Waals surface area (Å²) in [6.07, 6.45) is 2.61. The lowest BCUT2D eigenvalue weighted by Gasteiger charge is -2.11. The second-order valence-electron chi connectivity index (χ2n) is 4.33. The number of aromatic nitrogens is 2. The molecule has 0 radical (unpaired) electrons. The van der Waals surface area contributed by atoms with E-state index in [1.54, 1.807) is 6.20 Å². The Morgan fingerprint density at radius 1 is 1.29 bits per heavy atom. The van der Waals surface area contributed by atoms with Crippen molar-refractivity contribution in [3.05, 3.63) is 46.8 Å². The Morgan fingerprint density at radius 3 is 2.71 bits per heavy atom. The average molecular weight is 230 g/mol. The minimum atomic E-state index is 0.0496. The number of aliphatic hydroxyl groups is 1. The second-order valence-corrected chi connectivity index (χ2v) is 4.33. The van der Waals surface area contributed by atoms with Gasteiger partial charge in [0.25, 0.3) is 0 Å². The topological polar surface area (TPSA) is 38.1 Å². The Bertz CT molecular complexity index is 529. The zero-order valence-electron chi connectivity index (χ0n) is 10.6. The smallest absolute Gasteiger partial charge is 0.0715 e. The van der Waals surface area contributed by atoms with Crippen molar-refractivity contribution < 1.29 is 5.11 Å². The van der Waals surface area contributed by atoms with Crippen molar-refractivity contribution in [1.82, 2.24) is 9.78 Å². The third-order valence-electron chi connectivity index (χ3n) is 3.05. The van der Waals surface area contributed by atoms with Gasteiger partial charge in [0.05, 0.1) is 18.5 Å². The summed E-state index contributed by atoms with van der Waals surface area (Å²) < 4.78 is 1.94. The van der Waals surface area contributed by atoms with Crippen LogP contribution in [0.4, 0.5) is 0 Å². The molecule has 3 nitrogen and oxygen atoms in total. The van der Waals surface area contributed by atoms with Gasteiger partial charge in [-0.1, -0.05) is 19.1 Å². The van der Waals surface area contributed by atoms with Gasteiger partial charge in [0.15, 0.2) is 0 Å². The predicted octanol–water partition coefficient (Wildman–Crippen LogP) is 2.54. The van der Waals surface area contributed by atoms with E-state index >= 15 is 0 Å². The van der Waals surface area contributed by atoms with Gasteiger partial charge in [-0.2, -0.15) is 5.10 Å². The third-order valence-corrected chi connectivity index (χ3v) is 3.05. The minimum absolute atomic E-state index is 0.0496. The number of hydrogen-bond donors (Lipinski definition) is 1. The predicted molar refractivity (Wildman–Crippen MR) is 68.3 cm³/mol. The van der Waals surface area contributed by atoms with Crippen LogP contribution in [0.15, 0.2) is 24.4 Å². The van der Waals surface area contributed by atoms with Crippen molar-refractivity contribution in [3.63, 3.8) is 0 Å². The number of nitrogens with zero attached hydrogens (tertiary/aromatic N) is 2. The summed E-state index contributed by atoms with van der Waals surface area (Å²) in [5.41, 5.74) is 5.50. The van der Waals surface area contributed by atoms with Gasteiger partial charge in [-0.3, -0.25) is 0 Å². The molecule has 2 rings (SSSR count). The molecule has 2 aromatic rings. The average Bonchev–Trinajstić information content (AvgIpc) is 2.74. The van der Waals surface area contributed by atoms with Crippen LogP contribution in [0.5, 0.6) is 0 Å². The first-order chi connectivity index (χ1) is 8.17. The van der Waals surface area contributed by atoms with Gasteiger partial charge in [-0.15, -0.1) is 0 Å². The molecule has 0 amide bonds. The summed E-state index contributed by atoms with van der Waals surface area (Å²) in [4.78, 5) is 0. The van der Waals surface area contributed by atoms with Gasteiger partial charge in [-0.05, 0) is 37.5 Å². The van der Waals surface area contributed by atoms with Crippen molar-refractivity contribution in [3.8, 4) is 5.69 Å². The normalized spacial score (nSPS) is 10.8. The van der Waals surface area contributed by atoms with E-state index in [2.05, 4.69) is 44.1 Å².